The normalized spacial score (nSPS) is 11.9. The van der Waals surface area contributed by atoms with Crippen molar-refractivity contribution < 1.29 is 8.42 Å². The van der Waals surface area contributed by atoms with E-state index in [1.807, 2.05) is 73.8 Å². The fourth-order valence-corrected chi connectivity index (χ4v) is 5.99. The lowest BCUT2D eigenvalue weighted by molar-refractivity contribution is 0.586. The summed E-state index contributed by atoms with van der Waals surface area (Å²) >= 11 is 0. The Morgan fingerprint density at radius 2 is 1.20 bits per heavy atom. The van der Waals surface area contributed by atoms with Crippen LogP contribution in [0.25, 0.3) is 56.1 Å². The molecule has 0 unspecified atom stereocenters. The Hall–Kier alpha value is -5.83. The zero-order chi connectivity index (χ0) is 30.7. The summed E-state index contributed by atoms with van der Waals surface area (Å²) in [7, 11) is -0.173. The van der Waals surface area contributed by atoms with Crippen LogP contribution in [0.3, 0.4) is 0 Å². The first-order valence-electron chi connectivity index (χ1n) is 13.3. The number of hydrogen-bond acceptors (Lipinski definition) is 8. The number of sulfone groups is 1. The van der Waals surface area contributed by atoms with Gasteiger partial charge in [-0.15, -0.1) is 0 Å². The van der Waals surface area contributed by atoms with E-state index in [4.69, 9.17) is 0 Å². The Morgan fingerprint density at radius 3 is 1.73 bits per heavy atom. The van der Waals surface area contributed by atoms with Gasteiger partial charge >= 0.3 is 0 Å². The highest BCUT2D eigenvalue weighted by molar-refractivity contribution is 7.90. The van der Waals surface area contributed by atoms with Crippen LogP contribution in [0.5, 0.6) is 0 Å². The molecule has 0 bridgehead atoms. The minimum atomic E-state index is -3.57. The fraction of sp³-hybridized carbons (Fsp3) is 0.103. The van der Waals surface area contributed by atoms with Crippen LogP contribution in [-0.2, 0) is 23.9 Å². The van der Waals surface area contributed by atoms with Gasteiger partial charge in [0, 0.05) is 43.6 Å². The highest BCUT2D eigenvalue weighted by Gasteiger charge is 2.22. The summed E-state index contributed by atoms with van der Waals surface area (Å²) in [6.45, 7) is 0. The van der Waals surface area contributed by atoms with Crippen molar-refractivity contribution in [3.63, 3.8) is 0 Å². The molecule has 0 saturated carbocycles. The van der Waals surface area contributed by atoms with Gasteiger partial charge in [0.2, 0.25) is 15.0 Å². The molecule has 44 heavy (non-hydrogen) atoms. The van der Waals surface area contributed by atoms with Crippen LogP contribution < -0.4 is 11.1 Å². The molecule has 8 rings (SSSR count). The summed E-state index contributed by atoms with van der Waals surface area (Å²) in [5.41, 5.74) is 5.29. The van der Waals surface area contributed by atoms with E-state index in [9.17, 15) is 18.0 Å². The van der Waals surface area contributed by atoms with E-state index in [-0.39, 0.29) is 16.2 Å². The number of imidazole rings is 2. The minimum absolute atomic E-state index is 0.0353. The second kappa shape index (κ2) is 9.88. The molecule has 0 spiro atoms. The van der Waals surface area contributed by atoms with E-state index < -0.39 is 15.4 Å². The standard InChI is InChI=1S/C15H13N5O3S.C14H11N5O/c1-19-14-12(17-15(19)24(2,22)23)13(21)16-11-8-10(18-20(11)14)9-6-4-3-5-7-9;1-18-8-15-12-13(20)16-11-7-10(17-19(11)14(12)18)9-5-3-2-4-6-9/h3-8H,1-2H3,(H,16,21);2-8H,1H3,(H,16,20). The number of rotatable bonds is 3. The van der Waals surface area contributed by atoms with E-state index in [0.29, 0.717) is 33.8 Å². The molecular weight excluding hydrogens is 584 g/mol. The Morgan fingerprint density at radius 1 is 0.705 bits per heavy atom. The molecule has 0 amide bonds. The van der Waals surface area contributed by atoms with E-state index >= 15 is 0 Å². The SMILES string of the molecule is Cn1c(S(C)(=O)=O)nc2c(=O)[nH]c3cc(-c4ccccc4)nn3c21.Cn1cnc2c(=O)[nH]c3cc(-c4ccccc4)nn3c21. The maximum absolute atomic E-state index is 12.3. The van der Waals surface area contributed by atoms with Crippen LogP contribution in [0, 0.1) is 0 Å². The first-order valence-corrected chi connectivity index (χ1v) is 15.2. The van der Waals surface area contributed by atoms with Crippen molar-refractivity contribution in [3.05, 3.63) is 99.8 Å². The lowest BCUT2D eigenvalue weighted by Crippen LogP contribution is -2.11. The molecule has 6 heterocycles. The predicted molar refractivity (Wildman–Crippen MR) is 164 cm³/mol. The van der Waals surface area contributed by atoms with Crippen molar-refractivity contribution in [1.29, 1.82) is 0 Å². The number of benzene rings is 2. The van der Waals surface area contributed by atoms with E-state index in [1.54, 1.807) is 28.5 Å². The van der Waals surface area contributed by atoms with Crippen LogP contribution in [0.4, 0.5) is 0 Å². The second-order valence-corrected chi connectivity index (χ2v) is 12.1. The van der Waals surface area contributed by atoms with Gasteiger partial charge in [0.05, 0.1) is 17.7 Å². The van der Waals surface area contributed by atoms with Crippen LogP contribution >= 0.6 is 0 Å². The lowest BCUT2D eigenvalue weighted by Gasteiger charge is -2.01. The fourth-order valence-electron chi connectivity index (χ4n) is 5.14. The van der Waals surface area contributed by atoms with Gasteiger partial charge in [0.25, 0.3) is 11.1 Å². The Bertz CT molecular complexity index is 2590. The third-order valence-electron chi connectivity index (χ3n) is 7.13. The summed E-state index contributed by atoms with van der Waals surface area (Å²) in [5, 5.41) is 8.90. The van der Waals surface area contributed by atoms with Gasteiger partial charge in [-0.3, -0.25) is 9.59 Å². The Labute approximate surface area is 247 Å². The Balaban J connectivity index is 0.000000144. The average molecular weight is 609 g/mol. The van der Waals surface area contributed by atoms with Gasteiger partial charge in [-0.25, -0.2) is 18.4 Å². The maximum Gasteiger partial charge on any atom is 0.279 e. The molecular formula is C29H24N10O4S. The highest BCUT2D eigenvalue weighted by atomic mass is 32.2. The molecule has 15 heteroatoms. The summed E-state index contributed by atoms with van der Waals surface area (Å²) < 4.78 is 30.1. The molecule has 14 nitrogen and oxygen atoms in total. The van der Waals surface area contributed by atoms with Crippen molar-refractivity contribution in [1.82, 2.24) is 48.3 Å². The minimum Gasteiger partial charge on any atom is -0.318 e. The van der Waals surface area contributed by atoms with Gasteiger partial charge < -0.3 is 19.1 Å². The first-order chi connectivity index (χ1) is 21.1. The van der Waals surface area contributed by atoms with Crippen LogP contribution in [0.15, 0.2) is 93.9 Å². The number of aromatic nitrogens is 10. The number of hydrogen-bond donors (Lipinski definition) is 2. The predicted octanol–water partition coefficient (Wildman–Crippen LogP) is 2.56. The van der Waals surface area contributed by atoms with Gasteiger partial charge in [-0.05, 0) is 0 Å². The van der Waals surface area contributed by atoms with Crippen molar-refractivity contribution in [2.45, 2.75) is 5.16 Å². The largest absolute Gasteiger partial charge is 0.318 e. The quantitative estimate of drug-likeness (QED) is 0.308. The number of aromatic amines is 2. The molecule has 220 valence electrons. The molecule has 2 aromatic carbocycles. The molecule has 0 aliphatic heterocycles. The smallest absolute Gasteiger partial charge is 0.279 e. The number of nitrogens with one attached hydrogen (secondary N) is 2. The highest BCUT2D eigenvalue weighted by Crippen LogP contribution is 2.22. The van der Waals surface area contributed by atoms with Gasteiger partial charge in [0.1, 0.15) is 11.3 Å². The van der Waals surface area contributed by atoms with Crippen molar-refractivity contribution >= 4 is 43.5 Å². The number of aryl methyl sites for hydroxylation is 2. The van der Waals surface area contributed by atoms with Crippen molar-refractivity contribution in [3.8, 4) is 22.5 Å². The second-order valence-electron chi connectivity index (χ2n) is 10.2. The molecule has 2 N–H and O–H groups in total. The van der Waals surface area contributed by atoms with Crippen molar-refractivity contribution in [2.75, 3.05) is 6.26 Å². The van der Waals surface area contributed by atoms with E-state index in [1.165, 1.54) is 9.08 Å². The first kappa shape index (κ1) is 27.0. The maximum atomic E-state index is 12.3. The number of fused-ring (bicyclic) bond motifs is 6. The zero-order valence-electron chi connectivity index (χ0n) is 23.6. The molecule has 0 aliphatic rings. The van der Waals surface area contributed by atoms with Crippen molar-refractivity contribution in [2.24, 2.45) is 14.1 Å². The number of H-pyrrole nitrogens is 2. The van der Waals surface area contributed by atoms with E-state index in [2.05, 4.69) is 30.1 Å². The third kappa shape index (κ3) is 4.37. The number of nitrogens with zero attached hydrogens (tertiary/aromatic N) is 8. The third-order valence-corrected chi connectivity index (χ3v) is 8.16. The molecule has 6 aromatic heterocycles. The van der Waals surface area contributed by atoms with Gasteiger partial charge in [-0.1, -0.05) is 60.7 Å². The lowest BCUT2D eigenvalue weighted by atomic mass is 10.2. The molecule has 0 atom stereocenters. The molecule has 8 aromatic rings. The molecule has 0 aliphatic carbocycles. The average Bonchev–Trinajstić information content (AvgIpc) is 3.78. The topological polar surface area (TPSA) is 170 Å². The molecule has 0 fully saturated rings. The summed E-state index contributed by atoms with van der Waals surface area (Å²) in [6.07, 6.45) is 2.67. The molecule has 0 radical (unpaired) electrons. The zero-order valence-corrected chi connectivity index (χ0v) is 24.4. The monoisotopic (exact) mass is 608 g/mol. The van der Waals surface area contributed by atoms with Gasteiger partial charge in [-0.2, -0.15) is 19.2 Å². The Kier molecular flexibility index (Phi) is 6.07. The summed E-state index contributed by atoms with van der Waals surface area (Å²) in [4.78, 5) is 37.8. The van der Waals surface area contributed by atoms with E-state index in [0.717, 1.165) is 23.1 Å². The molecule has 0 saturated heterocycles. The van der Waals surface area contributed by atoms with Crippen LogP contribution in [0.1, 0.15) is 0 Å². The summed E-state index contributed by atoms with van der Waals surface area (Å²) in [5.74, 6) is 0. The summed E-state index contributed by atoms with van der Waals surface area (Å²) in [6, 6.07) is 23.0. The van der Waals surface area contributed by atoms with Gasteiger partial charge in [0.15, 0.2) is 22.3 Å². The van der Waals surface area contributed by atoms with Crippen LogP contribution in [-0.4, -0.2) is 63.0 Å². The van der Waals surface area contributed by atoms with Crippen LogP contribution in [0.2, 0.25) is 0 Å².